The van der Waals surface area contributed by atoms with Crippen molar-refractivity contribution >= 4 is 22.6 Å². The van der Waals surface area contributed by atoms with Gasteiger partial charge in [-0.1, -0.05) is 24.6 Å². The molecular formula is C17H16N4O2. The van der Waals surface area contributed by atoms with Crippen LogP contribution in [-0.2, 0) is 4.79 Å². The topological polar surface area (TPSA) is 90.1 Å². The normalized spacial score (nSPS) is 26.2. The maximum absolute atomic E-state index is 11.9. The van der Waals surface area contributed by atoms with E-state index < -0.39 is 11.4 Å². The summed E-state index contributed by atoms with van der Waals surface area (Å²) in [5.74, 6) is -0.578. The standard InChI is InChI=1S/C17H16N4O2/c18-8-14-15(12-5-1-2-6-13(12)19-20-14)21-9-11-4-3-7-17(11,10-21)16(22)23/h1-2,5-6,11H,3-4,7,9-10H2,(H,22,23)/t11-,17+/m0/s1. The highest BCUT2D eigenvalue weighted by atomic mass is 16.4. The summed E-state index contributed by atoms with van der Waals surface area (Å²) in [4.78, 5) is 13.9. The van der Waals surface area contributed by atoms with E-state index in [9.17, 15) is 15.2 Å². The van der Waals surface area contributed by atoms with Crippen molar-refractivity contribution in [1.82, 2.24) is 10.2 Å². The molecule has 2 fully saturated rings. The molecule has 0 radical (unpaired) electrons. The fourth-order valence-electron chi connectivity index (χ4n) is 4.24. The molecule has 1 aliphatic carbocycles. The van der Waals surface area contributed by atoms with Gasteiger partial charge in [0.15, 0.2) is 5.69 Å². The molecule has 0 unspecified atom stereocenters. The first-order valence-corrected chi connectivity index (χ1v) is 7.79. The van der Waals surface area contributed by atoms with Crippen molar-refractivity contribution in [3.05, 3.63) is 30.0 Å². The van der Waals surface area contributed by atoms with Gasteiger partial charge in [0, 0.05) is 18.5 Å². The summed E-state index contributed by atoms with van der Waals surface area (Å²) in [7, 11) is 0. The van der Waals surface area contributed by atoms with Crippen LogP contribution in [0.1, 0.15) is 25.0 Å². The van der Waals surface area contributed by atoms with E-state index in [1.807, 2.05) is 29.2 Å². The van der Waals surface area contributed by atoms with E-state index >= 15 is 0 Å². The Bertz CT molecular complexity index is 844. The molecule has 6 nitrogen and oxygen atoms in total. The van der Waals surface area contributed by atoms with E-state index in [1.165, 1.54) is 0 Å². The highest BCUT2D eigenvalue weighted by Crippen LogP contribution is 2.50. The van der Waals surface area contributed by atoms with Crippen LogP contribution in [-0.4, -0.2) is 34.4 Å². The van der Waals surface area contributed by atoms with E-state index in [4.69, 9.17) is 0 Å². The summed E-state index contributed by atoms with van der Waals surface area (Å²) >= 11 is 0. The van der Waals surface area contributed by atoms with Crippen LogP contribution in [0, 0.1) is 22.7 Å². The summed E-state index contributed by atoms with van der Waals surface area (Å²) in [6, 6.07) is 9.67. The minimum Gasteiger partial charge on any atom is -0.481 e. The number of aliphatic carboxylic acids is 1. The summed E-state index contributed by atoms with van der Waals surface area (Å²) in [6.07, 6.45) is 2.61. The third-order valence-electron chi connectivity index (χ3n) is 5.36. The number of hydrogen-bond donors (Lipinski definition) is 1. The van der Waals surface area contributed by atoms with Gasteiger partial charge in [-0.2, -0.15) is 5.26 Å². The number of fused-ring (bicyclic) bond motifs is 2. The van der Waals surface area contributed by atoms with Gasteiger partial charge >= 0.3 is 5.97 Å². The molecule has 2 aliphatic rings. The maximum atomic E-state index is 11.9. The number of carbonyl (C=O) groups is 1. The molecule has 0 bridgehead atoms. The van der Waals surface area contributed by atoms with Crippen LogP contribution in [0.25, 0.3) is 10.9 Å². The lowest BCUT2D eigenvalue weighted by atomic mass is 9.81. The van der Waals surface area contributed by atoms with Gasteiger partial charge < -0.3 is 10.0 Å². The van der Waals surface area contributed by atoms with E-state index in [1.54, 1.807) is 0 Å². The second kappa shape index (κ2) is 4.92. The van der Waals surface area contributed by atoms with Gasteiger partial charge in [0.05, 0.1) is 16.6 Å². The molecule has 0 amide bonds. The molecule has 1 aliphatic heterocycles. The fourth-order valence-corrected chi connectivity index (χ4v) is 4.24. The zero-order valence-corrected chi connectivity index (χ0v) is 12.6. The van der Waals surface area contributed by atoms with Crippen molar-refractivity contribution in [2.75, 3.05) is 18.0 Å². The number of nitriles is 1. The van der Waals surface area contributed by atoms with E-state index in [2.05, 4.69) is 16.3 Å². The molecule has 2 aromatic rings. The molecule has 4 rings (SSSR count). The Morgan fingerprint density at radius 1 is 1.39 bits per heavy atom. The predicted octanol–water partition coefficient (Wildman–Crippen LogP) is 2.19. The second-order valence-corrected chi connectivity index (χ2v) is 6.46. The Kier molecular flexibility index (Phi) is 2.98. The van der Waals surface area contributed by atoms with Gasteiger partial charge in [0.1, 0.15) is 6.07 Å². The Hall–Kier alpha value is -2.68. The highest BCUT2D eigenvalue weighted by molar-refractivity contribution is 5.94. The number of carboxylic acid groups (broad SMARTS) is 1. The van der Waals surface area contributed by atoms with Crippen molar-refractivity contribution in [3.63, 3.8) is 0 Å². The van der Waals surface area contributed by atoms with Crippen LogP contribution in [0.15, 0.2) is 24.3 Å². The number of anilines is 1. The van der Waals surface area contributed by atoms with Crippen LogP contribution in [0.4, 0.5) is 5.69 Å². The molecule has 2 atom stereocenters. The first-order valence-electron chi connectivity index (χ1n) is 7.79. The molecule has 6 heteroatoms. The number of aromatic nitrogens is 2. The maximum Gasteiger partial charge on any atom is 0.311 e. The zero-order valence-electron chi connectivity index (χ0n) is 12.6. The highest BCUT2D eigenvalue weighted by Gasteiger charge is 2.55. The van der Waals surface area contributed by atoms with E-state index in [0.717, 1.165) is 29.4 Å². The van der Waals surface area contributed by atoms with Gasteiger partial charge in [-0.15, -0.1) is 10.2 Å². The molecule has 1 saturated carbocycles. The minimum absolute atomic E-state index is 0.137. The monoisotopic (exact) mass is 308 g/mol. The molecule has 2 heterocycles. The van der Waals surface area contributed by atoms with Gasteiger partial charge in [-0.05, 0) is 24.8 Å². The summed E-state index contributed by atoms with van der Waals surface area (Å²) < 4.78 is 0. The molecule has 116 valence electrons. The SMILES string of the molecule is N#Cc1nnc2ccccc2c1N1C[C@@H]2CCC[C@@]2(C(=O)O)C1. The van der Waals surface area contributed by atoms with Crippen molar-refractivity contribution in [3.8, 4) is 6.07 Å². The van der Waals surface area contributed by atoms with Gasteiger partial charge in [0.25, 0.3) is 0 Å². The van der Waals surface area contributed by atoms with Gasteiger partial charge in [-0.25, -0.2) is 0 Å². The van der Waals surface area contributed by atoms with Crippen LogP contribution < -0.4 is 4.90 Å². The Balaban J connectivity index is 1.85. The fraction of sp³-hybridized carbons (Fsp3) is 0.412. The van der Waals surface area contributed by atoms with Crippen LogP contribution in [0.3, 0.4) is 0 Å². The molecule has 23 heavy (non-hydrogen) atoms. The third-order valence-corrected chi connectivity index (χ3v) is 5.36. The van der Waals surface area contributed by atoms with Crippen LogP contribution >= 0.6 is 0 Å². The molecule has 1 aromatic carbocycles. The number of carboxylic acids is 1. The molecule has 1 aromatic heterocycles. The number of benzene rings is 1. The first-order chi connectivity index (χ1) is 11.2. The lowest BCUT2D eigenvalue weighted by molar-refractivity contribution is -0.149. The number of nitrogens with zero attached hydrogens (tertiary/aromatic N) is 4. The van der Waals surface area contributed by atoms with E-state index in [0.29, 0.717) is 19.5 Å². The minimum atomic E-state index is -0.715. The van der Waals surface area contributed by atoms with Crippen LogP contribution in [0.2, 0.25) is 0 Å². The van der Waals surface area contributed by atoms with Gasteiger partial charge in [0.2, 0.25) is 0 Å². The Labute approximate surface area is 133 Å². The van der Waals surface area contributed by atoms with Crippen molar-refractivity contribution in [2.45, 2.75) is 19.3 Å². The largest absolute Gasteiger partial charge is 0.481 e. The zero-order chi connectivity index (χ0) is 16.0. The van der Waals surface area contributed by atoms with Crippen LogP contribution in [0.5, 0.6) is 0 Å². The molecule has 0 spiro atoms. The Morgan fingerprint density at radius 2 is 2.22 bits per heavy atom. The number of rotatable bonds is 2. The van der Waals surface area contributed by atoms with Gasteiger partial charge in [-0.3, -0.25) is 4.79 Å². The average molecular weight is 308 g/mol. The molecule has 1 N–H and O–H groups in total. The summed E-state index contributed by atoms with van der Waals surface area (Å²) in [6.45, 7) is 1.11. The predicted molar refractivity (Wildman–Crippen MR) is 83.9 cm³/mol. The molecule has 1 saturated heterocycles. The third kappa shape index (κ3) is 1.89. The quantitative estimate of drug-likeness (QED) is 0.914. The second-order valence-electron chi connectivity index (χ2n) is 6.46. The van der Waals surface area contributed by atoms with Crippen molar-refractivity contribution < 1.29 is 9.90 Å². The van der Waals surface area contributed by atoms with E-state index in [-0.39, 0.29) is 11.6 Å². The lowest BCUT2D eigenvalue weighted by Crippen LogP contribution is -2.35. The smallest absolute Gasteiger partial charge is 0.311 e. The lowest BCUT2D eigenvalue weighted by Gasteiger charge is -2.25. The first kappa shape index (κ1) is 13.9. The Morgan fingerprint density at radius 3 is 2.96 bits per heavy atom. The average Bonchev–Trinajstić information content (AvgIpc) is 3.11. The summed E-state index contributed by atoms with van der Waals surface area (Å²) in [5.41, 5.74) is 1.04. The van der Waals surface area contributed by atoms with Crippen molar-refractivity contribution in [1.29, 1.82) is 5.26 Å². The number of hydrogen-bond acceptors (Lipinski definition) is 5. The molecular weight excluding hydrogens is 292 g/mol. The summed E-state index contributed by atoms with van der Waals surface area (Å²) in [5, 5.41) is 28.2. The van der Waals surface area contributed by atoms with Crippen molar-refractivity contribution in [2.24, 2.45) is 11.3 Å².